The van der Waals surface area contributed by atoms with Crippen molar-refractivity contribution in [2.75, 3.05) is 13.1 Å². The van der Waals surface area contributed by atoms with Crippen molar-refractivity contribution < 1.29 is 9.90 Å². The number of aliphatic carboxylic acids is 1. The molecule has 1 aliphatic heterocycles. The van der Waals surface area contributed by atoms with Crippen LogP contribution < -0.4 is 0 Å². The van der Waals surface area contributed by atoms with E-state index in [1.165, 1.54) is 16.7 Å². The number of carboxylic acids is 1. The van der Waals surface area contributed by atoms with E-state index < -0.39 is 5.97 Å². The first kappa shape index (κ1) is 14.7. The van der Waals surface area contributed by atoms with Gasteiger partial charge in [0.25, 0.3) is 0 Å². The van der Waals surface area contributed by atoms with Gasteiger partial charge in [-0.25, -0.2) is 0 Å². The monoisotopic (exact) mass is 296 g/mol. The van der Waals surface area contributed by atoms with Crippen molar-refractivity contribution in [2.24, 2.45) is 5.92 Å². The van der Waals surface area contributed by atoms with Crippen LogP contribution in [0.25, 0.3) is 0 Å². The summed E-state index contributed by atoms with van der Waals surface area (Å²) < 4.78 is 0. The van der Waals surface area contributed by atoms with E-state index in [-0.39, 0.29) is 5.92 Å². The number of hydrogen-bond donors (Lipinski definition) is 1. The third-order valence-corrected chi connectivity index (χ3v) is 4.16. The van der Waals surface area contributed by atoms with Gasteiger partial charge < -0.3 is 5.11 Å². The highest BCUT2D eigenvalue weighted by molar-refractivity contribution is 5.71. The lowest BCUT2D eigenvalue weighted by atomic mass is 9.99. The Hall–Kier alpha value is -2.20. The number of pyridine rings is 1. The molecule has 1 aromatic carbocycles. The van der Waals surface area contributed by atoms with E-state index in [4.69, 9.17) is 5.11 Å². The van der Waals surface area contributed by atoms with Crippen LogP contribution in [0.15, 0.2) is 48.8 Å². The maximum atomic E-state index is 10.8. The van der Waals surface area contributed by atoms with E-state index in [2.05, 4.69) is 40.2 Å². The summed E-state index contributed by atoms with van der Waals surface area (Å²) in [5.41, 5.74) is 3.82. The minimum atomic E-state index is -0.679. The fourth-order valence-corrected chi connectivity index (χ4v) is 2.76. The van der Waals surface area contributed by atoms with E-state index in [1.54, 1.807) is 6.20 Å². The second kappa shape index (κ2) is 6.71. The quantitative estimate of drug-likeness (QED) is 0.889. The van der Waals surface area contributed by atoms with Gasteiger partial charge in [0.2, 0.25) is 0 Å². The summed E-state index contributed by atoms with van der Waals surface area (Å²) >= 11 is 0. The second-order valence-electron chi connectivity index (χ2n) is 5.91. The molecular formula is C18H20N2O2. The first-order valence-electron chi connectivity index (χ1n) is 7.62. The Bertz CT molecular complexity index is 619. The zero-order chi connectivity index (χ0) is 15.4. The molecule has 0 radical (unpaired) electrons. The molecule has 2 heterocycles. The fraction of sp³-hybridized carbons (Fsp3) is 0.333. The molecule has 4 heteroatoms. The maximum Gasteiger partial charge on any atom is 0.309 e. The Kier molecular flexibility index (Phi) is 4.49. The van der Waals surface area contributed by atoms with E-state index in [9.17, 15) is 4.79 Å². The second-order valence-corrected chi connectivity index (χ2v) is 5.91. The van der Waals surface area contributed by atoms with Crippen molar-refractivity contribution in [2.45, 2.75) is 19.4 Å². The highest BCUT2D eigenvalue weighted by atomic mass is 16.4. The summed E-state index contributed by atoms with van der Waals surface area (Å²) in [7, 11) is 0. The molecule has 0 bridgehead atoms. The van der Waals surface area contributed by atoms with Crippen LogP contribution in [0, 0.1) is 5.92 Å². The van der Waals surface area contributed by atoms with Crippen LogP contribution in [0.2, 0.25) is 0 Å². The lowest BCUT2D eigenvalue weighted by molar-refractivity contribution is -0.147. The van der Waals surface area contributed by atoms with Crippen molar-refractivity contribution in [1.29, 1.82) is 0 Å². The van der Waals surface area contributed by atoms with Gasteiger partial charge in [-0.05, 0) is 35.6 Å². The Balaban J connectivity index is 1.47. The number of aromatic nitrogens is 1. The average Bonchev–Trinajstić information content (AvgIpc) is 2.50. The third kappa shape index (κ3) is 3.71. The van der Waals surface area contributed by atoms with Crippen molar-refractivity contribution in [3.05, 3.63) is 65.5 Å². The molecule has 0 unspecified atom stereocenters. The number of carbonyl (C=O) groups is 1. The molecule has 1 aliphatic rings. The predicted molar refractivity (Wildman–Crippen MR) is 84.5 cm³/mol. The third-order valence-electron chi connectivity index (χ3n) is 4.16. The first-order chi connectivity index (χ1) is 10.7. The molecule has 0 spiro atoms. The SMILES string of the molecule is O=C(O)C1CN(Cc2ccc(CCc3cccnc3)cc2)C1. The van der Waals surface area contributed by atoms with Crippen LogP contribution >= 0.6 is 0 Å². The van der Waals surface area contributed by atoms with Crippen molar-refractivity contribution in [3.63, 3.8) is 0 Å². The maximum absolute atomic E-state index is 10.8. The molecule has 4 nitrogen and oxygen atoms in total. The van der Waals surface area contributed by atoms with Crippen LogP contribution in [0.3, 0.4) is 0 Å². The van der Waals surface area contributed by atoms with Gasteiger partial charge in [0, 0.05) is 32.0 Å². The molecule has 0 aliphatic carbocycles. The molecule has 2 aromatic rings. The van der Waals surface area contributed by atoms with Crippen molar-refractivity contribution in [3.8, 4) is 0 Å². The van der Waals surface area contributed by atoms with E-state index >= 15 is 0 Å². The van der Waals surface area contributed by atoms with Crippen molar-refractivity contribution in [1.82, 2.24) is 9.88 Å². The van der Waals surface area contributed by atoms with Crippen LogP contribution in [0.5, 0.6) is 0 Å². The minimum absolute atomic E-state index is 0.182. The summed E-state index contributed by atoms with van der Waals surface area (Å²) in [6.07, 6.45) is 5.72. The fourth-order valence-electron chi connectivity index (χ4n) is 2.76. The molecule has 22 heavy (non-hydrogen) atoms. The van der Waals surface area contributed by atoms with Gasteiger partial charge in [0.1, 0.15) is 0 Å². The number of rotatable bonds is 6. The highest BCUT2D eigenvalue weighted by Gasteiger charge is 2.31. The number of aryl methyl sites for hydroxylation is 2. The van der Waals surface area contributed by atoms with Crippen LogP contribution in [-0.4, -0.2) is 34.0 Å². The number of nitrogens with zero attached hydrogens (tertiary/aromatic N) is 2. The Morgan fingerprint density at radius 2 is 1.77 bits per heavy atom. The van der Waals surface area contributed by atoms with Gasteiger partial charge in [0.05, 0.1) is 5.92 Å². The number of carboxylic acid groups (broad SMARTS) is 1. The largest absolute Gasteiger partial charge is 0.481 e. The van der Waals surface area contributed by atoms with E-state index in [0.717, 1.165) is 19.4 Å². The minimum Gasteiger partial charge on any atom is -0.481 e. The van der Waals surface area contributed by atoms with Crippen LogP contribution in [-0.2, 0) is 24.2 Å². The number of hydrogen-bond acceptors (Lipinski definition) is 3. The normalized spacial score (nSPS) is 15.5. The van der Waals surface area contributed by atoms with E-state index in [0.29, 0.717) is 13.1 Å². The molecule has 0 amide bonds. The molecule has 0 atom stereocenters. The molecule has 1 fully saturated rings. The van der Waals surface area contributed by atoms with Gasteiger partial charge in [0.15, 0.2) is 0 Å². The summed E-state index contributed by atoms with van der Waals surface area (Å²) in [6.45, 7) is 2.17. The topological polar surface area (TPSA) is 53.4 Å². The zero-order valence-corrected chi connectivity index (χ0v) is 12.5. The average molecular weight is 296 g/mol. The van der Waals surface area contributed by atoms with Gasteiger partial charge in [-0.3, -0.25) is 14.7 Å². The van der Waals surface area contributed by atoms with Gasteiger partial charge >= 0.3 is 5.97 Å². The van der Waals surface area contributed by atoms with E-state index in [1.807, 2.05) is 12.3 Å². The molecular weight excluding hydrogens is 276 g/mol. The molecule has 1 N–H and O–H groups in total. The lowest BCUT2D eigenvalue weighted by Crippen LogP contribution is -2.49. The Morgan fingerprint density at radius 3 is 2.41 bits per heavy atom. The van der Waals surface area contributed by atoms with Crippen molar-refractivity contribution >= 4 is 5.97 Å². The highest BCUT2D eigenvalue weighted by Crippen LogP contribution is 2.19. The van der Waals surface area contributed by atoms with Gasteiger partial charge in [-0.1, -0.05) is 30.3 Å². The van der Waals surface area contributed by atoms with Crippen LogP contribution in [0.4, 0.5) is 0 Å². The molecule has 3 rings (SSSR count). The Morgan fingerprint density at radius 1 is 1.09 bits per heavy atom. The first-order valence-corrected chi connectivity index (χ1v) is 7.62. The number of benzene rings is 1. The Labute approximate surface area is 130 Å². The molecule has 114 valence electrons. The van der Waals surface area contributed by atoms with Gasteiger partial charge in [-0.2, -0.15) is 0 Å². The number of likely N-dealkylation sites (tertiary alicyclic amines) is 1. The molecule has 1 aromatic heterocycles. The summed E-state index contributed by atoms with van der Waals surface area (Å²) in [5.74, 6) is -0.860. The molecule has 0 saturated carbocycles. The summed E-state index contributed by atoms with van der Waals surface area (Å²) in [5, 5.41) is 8.88. The standard InChI is InChI=1S/C18H20N2O2/c21-18(22)17-12-20(13-17)11-16-7-4-14(5-8-16)3-6-15-2-1-9-19-10-15/h1-2,4-5,7-10,17H,3,6,11-13H2,(H,21,22). The zero-order valence-electron chi connectivity index (χ0n) is 12.5. The summed E-state index contributed by atoms with van der Waals surface area (Å²) in [6, 6.07) is 12.7. The smallest absolute Gasteiger partial charge is 0.309 e. The summed E-state index contributed by atoms with van der Waals surface area (Å²) in [4.78, 5) is 17.1. The van der Waals surface area contributed by atoms with Gasteiger partial charge in [-0.15, -0.1) is 0 Å². The lowest BCUT2D eigenvalue weighted by Gasteiger charge is -2.36. The molecule has 1 saturated heterocycles. The predicted octanol–water partition coefficient (Wildman–Crippen LogP) is 2.38. The van der Waals surface area contributed by atoms with Crippen LogP contribution in [0.1, 0.15) is 16.7 Å².